The predicted octanol–water partition coefficient (Wildman–Crippen LogP) is 1.36. The molecule has 0 aromatic carbocycles. The molecule has 0 unspecified atom stereocenters. The third-order valence-electron chi connectivity index (χ3n) is 1.89. The molecule has 3 N–H and O–H groups in total. The van der Waals surface area contributed by atoms with E-state index >= 15 is 0 Å². The Labute approximate surface area is 75.8 Å². The number of aryl methyl sites for hydroxylation is 1. The van der Waals surface area contributed by atoms with Crippen molar-refractivity contribution in [1.82, 2.24) is 15.2 Å². The second-order valence-electron chi connectivity index (χ2n) is 2.84. The molecule has 0 saturated heterocycles. The highest BCUT2D eigenvalue weighted by atomic mass is 15.2. The maximum atomic E-state index is 5.50. The summed E-state index contributed by atoms with van der Waals surface area (Å²) in [6, 6.07) is 5.67. The quantitative estimate of drug-likeness (QED) is 0.686. The first-order chi connectivity index (χ1) is 6.27. The molecule has 0 bridgehead atoms. The van der Waals surface area contributed by atoms with Gasteiger partial charge in [-0.3, -0.25) is 10.1 Å². The van der Waals surface area contributed by atoms with Crippen LogP contribution in [0.1, 0.15) is 5.69 Å². The van der Waals surface area contributed by atoms with Crippen molar-refractivity contribution < 1.29 is 0 Å². The van der Waals surface area contributed by atoms with Crippen LogP contribution in [0.25, 0.3) is 11.3 Å². The van der Waals surface area contributed by atoms with Crippen LogP contribution in [0.5, 0.6) is 0 Å². The van der Waals surface area contributed by atoms with Crippen LogP contribution in [-0.2, 0) is 0 Å². The first-order valence-corrected chi connectivity index (χ1v) is 4.00. The average Bonchev–Trinajstić information content (AvgIpc) is 2.53. The first-order valence-electron chi connectivity index (χ1n) is 4.00. The van der Waals surface area contributed by atoms with E-state index in [1.54, 1.807) is 12.3 Å². The van der Waals surface area contributed by atoms with Gasteiger partial charge in [-0.15, -0.1) is 0 Å². The van der Waals surface area contributed by atoms with Gasteiger partial charge in [-0.25, -0.2) is 0 Å². The number of nitrogens with one attached hydrogen (secondary N) is 1. The number of anilines is 1. The second kappa shape index (κ2) is 2.90. The SMILES string of the molecule is Cc1ncccc1-c1cc(N)n[nH]1. The molecule has 4 heteroatoms. The predicted molar refractivity (Wildman–Crippen MR) is 51.0 cm³/mol. The topological polar surface area (TPSA) is 67.6 Å². The summed E-state index contributed by atoms with van der Waals surface area (Å²) in [6.45, 7) is 1.95. The standard InChI is InChI=1S/C9H10N4/c1-6-7(3-2-4-11-6)8-5-9(10)13-12-8/h2-5H,1H3,(H3,10,12,13). The zero-order valence-corrected chi connectivity index (χ0v) is 7.28. The number of H-pyrrole nitrogens is 1. The van der Waals surface area contributed by atoms with Gasteiger partial charge >= 0.3 is 0 Å². The third kappa shape index (κ3) is 1.38. The Bertz CT molecular complexity index is 419. The Morgan fingerprint density at radius 1 is 1.46 bits per heavy atom. The van der Waals surface area contributed by atoms with Gasteiger partial charge in [-0.1, -0.05) is 0 Å². The van der Waals surface area contributed by atoms with Gasteiger partial charge in [0.05, 0.1) is 5.69 Å². The molecular weight excluding hydrogens is 164 g/mol. The largest absolute Gasteiger partial charge is 0.382 e. The second-order valence-corrected chi connectivity index (χ2v) is 2.84. The molecule has 0 atom stereocenters. The fourth-order valence-corrected chi connectivity index (χ4v) is 1.24. The molecule has 0 aliphatic carbocycles. The van der Waals surface area contributed by atoms with Gasteiger partial charge < -0.3 is 5.73 Å². The molecule has 0 fully saturated rings. The van der Waals surface area contributed by atoms with Gasteiger partial charge in [0.2, 0.25) is 0 Å². The Kier molecular flexibility index (Phi) is 1.73. The molecule has 66 valence electrons. The van der Waals surface area contributed by atoms with E-state index in [4.69, 9.17) is 5.73 Å². The molecule has 2 heterocycles. The Balaban J connectivity index is 2.52. The van der Waals surface area contributed by atoms with Crippen LogP contribution in [0.3, 0.4) is 0 Å². The van der Waals surface area contributed by atoms with Crippen molar-refractivity contribution in [2.75, 3.05) is 5.73 Å². The van der Waals surface area contributed by atoms with Crippen molar-refractivity contribution in [3.63, 3.8) is 0 Å². The molecule has 13 heavy (non-hydrogen) atoms. The highest BCUT2D eigenvalue weighted by Gasteiger charge is 2.03. The smallest absolute Gasteiger partial charge is 0.145 e. The van der Waals surface area contributed by atoms with E-state index in [-0.39, 0.29) is 0 Å². The van der Waals surface area contributed by atoms with Gasteiger partial charge in [0, 0.05) is 23.5 Å². The fraction of sp³-hybridized carbons (Fsp3) is 0.111. The lowest BCUT2D eigenvalue weighted by Gasteiger charge is -1.99. The van der Waals surface area contributed by atoms with Crippen molar-refractivity contribution in [2.45, 2.75) is 6.92 Å². The fourth-order valence-electron chi connectivity index (χ4n) is 1.24. The van der Waals surface area contributed by atoms with Crippen LogP contribution in [-0.4, -0.2) is 15.2 Å². The summed E-state index contributed by atoms with van der Waals surface area (Å²) < 4.78 is 0. The maximum Gasteiger partial charge on any atom is 0.145 e. The lowest BCUT2D eigenvalue weighted by molar-refractivity contribution is 1.09. The molecule has 2 aromatic rings. The Morgan fingerprint density at radius 3 is 2.92 bits per heavy atom. The number of aromatic nitrogens is 3. The summed E-state index contributed by atoms with van der Waals surface area (Å²) in [5, 5.41) is 6.71. The summed E-state index contributed by atoms with van der Waals surface area (Å²) in [6.07, 6.45) is 1.76. The summed E-state index contributed by atoms with van der Waals surface area (Å²) in [5.74, 6) is 0.498. The number of aromatic amines is 1. The number of rotatable bonds is 1. The average molecular weight is 174 g/mol. The summed E-state index contributed by atoms with van der Waals surface area (Å²) in [5.41, 5.74) is 8.41. The highest BCUT2D eigenvalue weighted by Crippen LogP contribution is 2.20. The van der Waals surface area contributed by atoms with E-state index in [1.807, 2.05) is 19.1 Å². The van der Waals surface area contributed by atoms with Crippen LogP contribution in [0.4, 0.5) is 5.82 Å². The molecular formula is C9H10N4. The molecule has 0 saturated carbocycles. The molecule has 0 aliphatic rings. The number of hydrogen-bond acceptors (Lipinski definition) is 3. The Hall–Kier alpha value is -1.84. The molecule has 0 aliphatic heterocycles. The first kappa shape index (κ1) is 7.79. The van der Waals surface area contributed by atoms with Crippen LogP contribution in [0.2, 0.25) is 0 Å². The third-order valence-corrected chi connectivity index (χ3v) is 1.89. The van der Waals surface area contributed by atoms with Gasteiger partial charge in [0.1, 0.15) is 5.82 Å². The zero-order valence-electron chi connectivity index (χ0n) is 7.28. The lowest BCUT2D eigenvalue weighted by atomic mass is 10.1. The van der Waals surface area contributed by atoms with Crippen molar-refractivity contribution in [2.24, 2.45) is 0 Å². The van der Waals surface area contributed by atoms with E-state index in [1.165, 1.54) is 0 Å². The minimum atomic E-state index is 0.498. The molecule has 0 spiro atoms. The number of nitrogen functional groups attached to an aromatic ring is 1. The number of hydrogen-bond donors (Lipinski definition) is 2. The van der Waals surface area contributed by atoms with E-state index in [2.05, 4.69) is 15.2 Å². The molecule has 2 aromatic heterocycles. The van der Waals surface area contributed by atoms with Crippen molar-refractivity contribution >= 4 is 5.82 Å². The van der Waals surface area contributed by atoms with Gasteiger partial charge in [0.15, 0.2) is 0 Å². The van der Waals surface area contributed by atoms with Crippen molar-refractivity contribution in [3.05, 3.63) is 30.1 Å². The summed E-state index contributed by atoms with van der Waals surface area (Å²) in [7, 11) is 0. The maximum absolute atomic E-state index is 5.50. The molecule has 2 rings (SSSR count). The summed E-state index contributed by atoms with van der Waals surface area (Å²) >= 11 is 0. The van der Waals surface area contributed by atoms with E-state index < -0.39 is 0 Å². The van der Waals surface area contributed by atoms with E-state index in [0.29, 0.717) is 5.82 Å². The van der Waals surface area contributed by atoms with E-state index in [0.717, 1.165) is 17.0 Å². The number of pyridine rings is 1. The normalized spacial score (nSPS) is 10.2. The zero-order chi connectivity index (χ0) is 9.26. The minimum absolute atomic E-state index is 0.498. The molecule has 0 radical (unpaired) electrons. The van der Waals surface area contributed by atoms with Crippen LogP contribution in [0.15, 0.2) is 24.4 Å². The lowest BCUT2D eigenvalue weighted by Crippen LogP contribution is -1.86. The number of nitrogens with two attached hydrogens (primary N) is 1. The minimum Gasteiger partial charge on any atom is -0.382 e. The molecule has 0 amide bonds. The van der Waals surface area contributed by atoms with Gasteiger partial charge in [-0.2, -0.15) is 5.10 Å². The van der Waals surface area contributed by atoms with Crippen molar-refractivity contribution in [1.29, 1.82) is 0 Å². The van der Waals surface area contributed by atoms with Gasteiger partial charge in [0.25, 0.3) is 0 Å². The number of nitrogens with zero attached hydrogens (tertiary/aromatic N) is 2. The van der Waals surface area contributed by atoms with Crippen LogP contribution >= 0.6 is 0 Å². The highest BCUT2D eigenvalue weighted by molar-refractivity contribution is 5.63. The monoisotopic (exact) mass is 174 g/mol. The molecule has 4 nitrogen and oxygen atoms in total. The Morgan fingerprint density at radius 2 is 2.31 bits per heavy atom. The van der Waals surface area contributed by atoms with Crippen LogP contribution in [0, 0.1) is 6.92 Å². The van der Waals surface area contributed by atoms with Crippen molar-refractivity contribution in [3.8, 4) is 11.3 Å². The van der Waals surface area contributed by atoms with E-state index in [9.17, 15) is 0 Å². The summed E-state index contributed by atoms with van der Waals surface area (Å²) in [4.78, 5) is 4.18. The van der Waals surface area contributed by atoms with Gasteiger partial charge in [-0.05, 0) is 19.1 Å². The van der Waals surface area contributed by atoms with Crippen LogP contribution < -0.4 is 5.73 Å².